The lowest BCUT2D eigenvalue weighted by Crippen LogP contribution is -2.38. The van der Waals surface area contributed by atoms with E-state index in [4.69, 9.17) is 14.2 Å². The van der Waals surface area contributed by atoms with Crippen LogP contribution in [0.4, 0.5) is 0 Å². The number of dihydropyridines is 1. The van der Waals surface area contributed by atoms with Gasteiger partial charge in [0.25, 0.3) is 0 Å². The molecule has 156 valence electrons. The topological polar surface area (TPSA) is 73.9 Å². The van der Waals surface area contributed by atoms with Crippen LogP contribution >= 0.6 is 0 Å². The number of allylic oxidation sites excluding steroid dienone is 3. The first-order chi connectivity index (χ1) is 13.7. The van der Waals surface area contributed by atoms with Crippen LogP contribution in [-0.2, 0) is 25.7 Å². The van der Waals surface area contributed by atoms with Crippen molar-refractivity contribution in [3.63, 3.8) is 0 Å². The Labute approximate surface area is 171 Å². The number of carbonyl (C=O) groups excluding carboxylic acids is 2. The van der Waals surface area contributed by atoms with Crippen LogP contribution in [-0.4, -0.2) is 33.1 Å². The Morgan fingerprint density at radius 1 is 1.21 bits per heavy atom. The van der Waals surface area contributed by atoms with E-state index in [-0.39, 0.29) is 11.2 Å². The highest BCUT2D eigenvalue weighted by atomic mass is 16.5. The summed E-state index contributed by atoms with van der Waals surface area (Å²) in [7, 11) is 4.59. The number of methoxy groups -OCH3 is 3. The molecule has 1 aromatic rings. The van der Waals surface area contributed by atoms with Gasteiger partial charge in [-0.05, 0) is 36.5 Å². The fourth-order valence-corrected chi connectivity index (χ4v) is 4.40. The number of ketones is 1. The average Bonchev–Trinajstić information content (AvgIpc) is 2.65. The number of benzene rings is 1. The zero-order valence-electron chi connectivity index (χ0n) is 18.0. The van der Waals surface area contributed by atoms with Crippen molar-refractivity contribution in [2.24, 2.45) is 5.41 Å². The quantitative estimate of drug-likeness (QED) is 0.763. The summed E-state index contributed by atoms with van der Waals surface area (Å²) in [5.41, 5.74) is 4.31. The van der Waals surface area contributed by atoms with Crippen LogP contribution in [0.1, 0.15) is 50.7 Å². The average molecular weight is 399 g/mol. The molecule has 1 aliphatic carbocycles. The molecule has 0 fully saturated rings. The van der Waals surface area contributed by atoms with E-state index in [1.807, 2.05) is 25.1 Å². The third kappa shape index (κ3) is 3.94. The van der Waals surface area contributed by atoms with Crippen molar-refractivity contribution in [3.8, 4) is 5.75 Å². The summed E-state index contributed by atoms with van der Waals surface area (Å²) in [6.45, 7) is 6.40. The maximum Gasteiger partial charge on any atom is 0.336 e. The molecule has 3 rings (SSSR count). The van der Waals surface area contributed by atoms with Gasteiger partial charge in [-0.1, -0.05) is 19.9 Å². The molecule has 6 heteroatoms. The molecular formula is C23H29NO5. The van der Waals surface area contributed by atoms with Gasteiger partial charge in [-0.2, -0.15) is 0 Å². The number of nitrogens with one attached hydrogen (secondary N) is 1. The van der Waals surface area contributed by atoms with Gasteiger partial charge < -0.3 is 19.5 Å². The Bertz CT molecular complexity index is 910. The summed E-state index contributed by atoms with van der Waals surface area (Å²) in [4.78, 5) is 25.9. The van der Waals surface area contributed by atoms with E-state index in [0.29, 0.717) is 29.9 Å². The van der Waals surface area contributed by atoms with Crippen LogP contribution in [0.2, 0.25) is 0 Å². The molecule has 0 saturated carbocycles. The summed E-state index contributed by atoms with van der Waals surface area (Å²) in [5, 5.41) is 3.32. The molecule has 0 amide bonds. The fourth-order valence-electron chi connectivity index (χ4n) is 4.40. The Morgan fingerprint density at radius 3 is 2.55 bits per heavy atom. The van der Waals surface area contributed by atoms with E-state index in [0.717, 1.165) is 28.9 Å². The van der Waals surface area contributed by atoms with Crippen LogP contribution in [0, 0.1) is 5.41 Å². The highest BCUT2D eigenvalue weighted by Crippen LogP contribution is 2.47. The van der Waals surface area contributed by atoms with Gasteiger partial charge in [-0.3, -0.25) is 4.79 Å². The molecule has 1 heterocycles. The van der Waals surface area contributed by atoms with Gasteiger partial charge in [0, 0.05) is 42.0 Å². The molecule has 0 bridgehead atoms. The van der Waals surface area contributed by atoms with Crippen molar-refractivity contribution in [2.75, 3.05) is 21.3 Å². The molecule has 0 saturated heterocycles. The minimum Gasteiger partial charge on any atom is -0.496 e. The van der Waals surface area contributed by atoms with Crippen LogP contribution in [0.15, 0.2) is 40.7 Å². The molecule has 1 unspecified atom stereocenters. The number of carbonyl (C=O) groups is 2. The Morgan fingerprint density at radius 2 is 1.93 bits per heavy atom. The highest BCUT2D eigenvalue weighted by molar-refractivity contribution is 6.04. The second-order valence-electron chi connectivity index (χ2n) is 8.43. The van der Waals surface area contributed by atoms with Crippen molar-refractivity contribution in [1.82, 2.24) is 5.32 Å². The molecule has 29 heavy (non-hydrogen) atoms. The zero-order chi connectivity index (χ0) is 21.3. The van der Waals surface area contributed by atoms with Crippen LogP contribution < -0.4 is 10.1 Å². The predicted molar refractivity (Wildman–Crippen MR) is 109 cm³/mol. The van der Waals surface area contributed by atoms with Gasteiger partial charge in [-0.25, -0.2) is 4.79 Å². The normalized spacial score (nSPS) is 20.9. The van der Waals surface area contributed by atoms with E-state index in [2.05, 4.69) is 19.2 Å². The fraction of sp³-hybridized carbons (Fsp3) is 0.478. The predicted octanol–water partition coefficient (Wildman–Crippen LogP) is 3.62. The summed E-state index contributed by atoms with van der Waals surface area (Å²) in [6.07, 6.45) is 1.19. The Hall–Kier alpha value is -2.60. The van der Waals surface area contributed by atoms with E-state index >= 15 is 0 Å². The third-order valence-electron chi connectivity index (χ3n) is 5.58. The van der Waals surface area contributed by atoms with Crippen LogP contribution in [0.5, 0.6) is 5.75 Å². The number of esters is 1. The highest BCUT2D eigenvalue weighted by Gasteiger charge is 2.43. The minimum atomic E-state index is -0.483. The smallest absolute Gasteiger partial charge is 0.336 e. The van der Waals surface area contributed by atoms with Crippen LogP contribution in [0.25, 0.3) is 0 Å². The van der Waals surface area contributed by atoms with E-state index in [1.54, 1.807) is 14.2 Å². The monoisotopic (exact) mass is 399 g/mol. The van der Waals surface area contributed by atoms with Gasteiger partial charge in [0.2, 0.25) is 0 Å². The summed E-state index contributed by atoms with van der Waals surface area (Å²) in [6, 6.07) is 5.71. The second kappa shape index (κ2) is 8.03. The number of ether oxygens (including phenoxy) is 3. The zero-order valence-corrected chi connectivity index (χ0v) is 18.0. The molecule has 1 aliphatic heterocycles. The van der Waals surface area contributed by atoms with Crippen molar-refractivity contribution in [1.29, 1.82) is 0 Å². The molecule has 2 aliphatic rings. The number of rotatable bonds is 5. The number of Topliss-reactive ketones (excluding diaryl/α,β-unsaturated/α-hetero) is 1. The van der Waals surface area contributed by atoms with E-state index < -0.39 is 11.9 Å². The Balaban J connectivity index is 2.21. The van der Waals surface area contributed by atoms with Crippen molar-refractivity contribution < 1.29 is 23.8 Å². The van der Waals surface area contributed by atoms with E-state index in [9.17, 15) is 9.59 Å². The van der Waals surface area contributed by atoms with E-state index in [1.165, 1.54) is 7.11 Å². The first-order valence-corrected chi connectivity index (χ1v) is 9.70. The van der Waals surface area contributed by atoms with Gasteiger partial charge in [0.1, 0.15) is 5.75 Å². The SMILES string of the molecule is COCc1cc(C2C(C(=O)OC)=C(C)NC3=C2C(=O)CC(C)(C)C3)ccc1OC. The first-order valence-electron chi connectivity index (χ1n) is 9.70. The summed E-state index contributed by atoms with van der Waals surface area (Å²) >= 11 is 0. The molecule has 6 nitrogen and oxygen atoms in total. The Kier molecular flexibility index (Phi) is 5.85. The lowest BCUT2D eigenvalue weighted by atomic mass is 9.68. The maximum atomic E-state index is 13.2. The van der Waals surface area contributed by atoms with Gasteiger partial charge in [-0.15, -0.1) is 0 Å². The van der Waals surface area contributed by atoms with Gasteiger partial charge in [0.15, 0.2) is 5.78 Å². The second-order valence-corrected chi connectivity index (χ2v) is 8.43. The molecule has 1 N–H and O–H groups in total. The molecule has 1 atom stereocenters. The lowest BCUT2D eigenvalue weighted by Gasteiger charge is -2.39. The summed E-state index contributed by atoms with van der Waals surface area (Å²) < 4.78 is 15.8. The maximum absolute atomic E-state index is 13.2. The molecule has 0 spiro atoms. The third-order valence-corrected chi connectivity index (χ3v) is 5.58. The van der Waals surface area contributed by atoms with Gasteiger partial charge in [0.05, 0.1) is 26.4 Å². The van der Waals surface area contributed by atoms with Crippen molar-refractivity contribution >= 4 is 11.8 Å². The standard InChI is InChI=1S/C23H29NO5/c1-13-19(22(26)29-6)20(14-7-8-18(28-5)15(9-14)12-27-4)21-16(24-13)10-23(2,3)11-17(21)25/h7-9,20,24H,10-12H2,1-6H3. The minimum absolute atomic E-state index is 0.0618. The molecule has 0 radical (unpaired) electrons. The van der Waals surface area contributed by atoms with Crippen molar-refractivity contribution in [3.05, 3.63) is 51.9 Å². The van der Waals surface area contributed by atoms with Gasteiger partial charge >= 0.3 is 5.97 Å². The number of hydrogen-bond acceptors (Lipinski definition) is 6. The summed E-state index contributed by atoms with van der Waals surface area (Å²) in [5.74, 6) is -0.154. The number of hydrogen-bond donors (Lipinski definition) is 1. The largest absolute Gasteiger partial charge is 0.496 e. The van der Waals surface area contributed by atoms with Crippen molar-refractivity contribution in [2.45, 2.75) is 46.1 Å². The van der Waals surface area contributed by atoms with Crippen LogP contribution in [0.3, 0.4) is 0 Å². The molecule has 0 aromatic heterocycles. The lowest BCUT2D eigenvalue weighted by molar-refractivity contribution is -0.136. The molecular weight excluding hydrogens is 370 g/mol. The molecule has 1 aromatic carbocycles. The first kappa shape index (κ1) is 21.1.